The summed E-state index contributed by atoms with van der Waals surface area (Å²) >= 11 is 0. The van der Waals surface area contributed by atoms with Crippen LogP contribution >= 0.6 is 0 Å². The van der Waals surface area contributed by atoms with E-state index in [1.54, 1.807) is 4.90 Å². The quantitative estimate of drug-likeness (QED) is 0.666. The van der Waals surface area contributed by atoms with E-state index in [1.165, 1.54) is 0 Å². The number of nitriles is 1. The number of hydrogen-bond acceptors (Lipinski definition) is 5. The number of carbonyl (C=O) groups is 3. The van der Waals surface area contributed by atoms with Crippen LogP contribution in [0.15, 0.2) is 30.3 Å². The van der Waals surface area contributed by atoms with Gasteiger partial charge in [-0.25, -0.2) is 0 Å². The summed E-state index contributed by atoms with van der Waals surface area (Å²) in [4.78, 5) is 38.3. The standard InChI is InChI=1S/C22H26N4O4/c23-12-21(14-4-2-1-3-5-14)6-8-26(9-7-21)19(28)17-15(20(29)30)10-22(13-25-17)11-16(22)18(24)27/h1-5,15-17,25H,6-11,13H2,(H2,24,27)(H,29,30). The molecule has 1 spiro atoms. The Kier molecular flexibility index (Phi) is 5.02. The van der Waals surface area contributed by atoms with Gasteiger partial charge < -0.3 is 21.1 Å². The summed E-state index contributed by atoms with van der Waals surface area (Å²) in [6.07, 6.45) is 1.87. The third-order valence-electron chi connectivity index (χ3n) is 7.29. The van der Waals surface area contributed by atoms with Gasteiger partial charge in [0.05, 0.1) is 17.4 Å². The van der Waals surface area contributed by atoms with E-state index in [9.17, 15) is 24.8 Å². The van der Waals surface area contributed by atoms with Gasteiger partial charge in [-0.15, -0.1) is 0 Å². The van der Waals surface area contributed by atoms with Crippen LogP contribution < -0.4 is 11.1 Å². The lowest BCUT2D eigenvalue weighted by atomic mass is 9.73. The van der Waals surface area contributed by atoms with Gasteiger partial charge in [0.1, 0.15) is 6.04 Å². The Balaban J connectivity index is 1.44. The van der Waals surface area contributed by atoms with Gasteiger partial charge in [-0.3, -0.25) is 14.4 Å². The third-order valence-corrected chi connectivity index (χ3v) is 7.29. The molecule has 2 aliphatic heterocycles. The maximum atomic E-state index is 13.2. The van der Waals surface area contributed by atoms with Gasteiger partial charge in [-0.1, -0.05) is 30.3 Å². The molecule has 0 radical (unpaired) electrons. The third kappa shape index (κ3) is 3.33. The summed E-state index contributed by atoms with van der Waals surface area (Å²) in [7, 11) is 0. The van der Waals surface area contributed by atoms with E-state index in [-0.39, 0.29) is 18.2 Å². The molecule has 2 saturated heterocycles. The second-order valence-electron chi connectivity index (χ2n) is 8.91. The van der Waals surface area contributed by atoms with E-state index in [0.717, 1.165) is 5.56 Å². The van der Waals surface area contributed by atoms with E-state index in [2.05, 4.69) is 11.4 Å². The zero-order chi connectivity index (χ0) is 21.5. The van der Waals surface area contributed by atoms with Crippen LogP contribution in [0.1, 0.15) is 31.2 Å². The normalized spacial score (nSPS) is 32.2. The fourth-order valence-electron chi connectivity index (χ4n) is 5.27. The zero-order valence-electron chi connectivity index (χ0n) is 16.7. The minimum absolute atomic E-state index is 0.242. The molecule has 4 N–H and O–H groups in total. The minimum Gasteiger partial charge on any atom is -0.481 e. The molecule has 2 amide bonds. The van der Waals surface area contributed by atoms with Crippen molar-refractivity contribution in [1.82, 2.24) is 10.2 Å². The number of rotatable bonds is 4. The highest BCUT2D eigenvalue weighted by Crippen LogP contribution is 2.58. The number of carbonyl (C=O) groups excluding carboxylic acids is 2. The van der Waals surface area contributed by atoms with Crippen LogP contribution in [0, 0.1) is 28.6 Å². The number of amides is 2. The Labute approximate surface area is 175 Å². The first-order valence-electron chi connectivity index (χ1n) is 10.3. The number of benzene rings is 1. The van der Waals surface area contributed by atoms with Crippen molar-refractivity contribution in [3.8, 4) is 6.07 Å². The van der Waals surface area contributed by atoms with Gasteiger partial charge in [0, 0.05) is 25.6 Å². The van der Waals surface area contributed by atoms with Crippen molar-refractivity contribution in [2.45, 2.75) is 37.1 Å². The van der Waals surface area contributed by atoms with E-state index < -0.39 is 34.7 Å². The van der Waals surface area contributed by atoms with E-state index in [0.29, 0.717) is 38.9 Å². The number of nitrogens with two attached hydrogens (primary N) is 1. The van der Waals surface area contributed by atoms with E-state index >= 15 is 0 Å². The lowest BCUT2D eigenvalue weighted by Gasteiger charge is -2.41. The lowest BCUT2D eigenvalue weighted by molar-refractivity contribution is -0.151. The number of aliphatic carboxylic acids is 1. The van der Waals surface area contributed by atoms with Crippen molar-refractivity contribution in [2.75, 3.05) is 19.6 Å². The Morgan fingerprint density at radius 2 is 1.83 bits per heavy atom. The predicted octanol–water partition coefficient (Wildman–Crippen LogP) is 0.625. The molecule has 8 heteroatoms. The number of piperidine rings is 2. The minimum atomic E-state index is -1.04. The molecule has 8 nitrogen and oxygen atoms in total. The molecule has 4 atom stereocenters. The van der Waals surface area contributed by atoms with Crippen LogP contribution in [0.3, 0.4) is 0 Å². The molecule has 0 bridgehead atoms. The fourth-order valence-corrected chi connectivity index (χ4v) is 5.27. The monoisotopic (exact) mass is 410 g/mol. The van der Waals surface area contributed by atoms with Crippen molar-refractivity contribution >= 4 is 17.8 Å². The van der Waals surface area contributed by atoms with Crippen LogP contribution in [0.4, 0.5) is 0 Å². The Morgan fingerprint density at radius 3 is 2.37 bits per heavy atom. The van der Waals surface area contributed by atoms with E-state index in [4.69, 9.17) is 5.73 Å². The summed E-state index contributed by atoms with van der Waals surface area (Å²) in [6, 6.07) is 11.2. The molecule has 2 heterocycles. The number of carboxylic acids is 1. The molecule has 0 aromatic heterocycles. The average molecular weight is 410 g/mol. The van der Waals surface area contributed by atoms with Gasteiger partial charge in [-0.05, 0) is 36.7 Å². The first-order valence-corrected chi connectivity index (χ1v) is 10.3. The fraction of sp³-hybridized carbons (Fsp3) is 0.545. The number of likely N-dealkylation sites (tertiary alicyclic amines) is 1. The number of nitrogens with zero attached hydrogens (tertiary/aromatic N) is 2. The van der Waals surface area contributed by atoms with Crippen molar-refractivity contribution in [1.29, 1.82) is 5.26 Å². The number of carboxylic acid groups (broad SMARTS) is 1. The molecule has 1 aromatic rings. The Morgan fingerprint density at radius 1 is 1.17 bits per heavy atom. The summed E-state index contributed by atoms with van der Waals surface area (Å²) < 4.78 is 0. The SMILES string of the molecule is N#CC1(c2ccccc2)CCN(C(=O)C2NCC3(CC2C(=O)O)CC3C(N)=O)CC1. The largest absolute Gasteiger partial charge is 0.481 e. The zero-order valence-corrected chi connectivity index (χ0v) is 16.7. The molecule has 1 saturated carbocycles. The molecule has 1 aliphatic carbocycles. The maximum Gasteiger partial charge on any atom is 0.308 e. The van der Waals surface area contributed by atoms with Crippen LogP contribution in [-0.4, -0.2) is 53.5 Å². The van der Waals surface area contributed by atoms with Crippen molar-refractivity contribution in [3.05, 3.63) is 35.9 Å². The van der Waals surface area contributed by atoms with Crippen molar-refractivity contribution < 1.29 is 19.5 Å². The topological polar surface area (TPSA) is 137 Å². The molecule has 4 unspecified atom stereocenters. The molecule has 3 fully saturated rings. The second kappa shape index (κ2) is 7.40. The number of primary amides is 1. The highest BCUT2D eigenvalue weighted by atomic mass is 16.4. The van der Waals surface area contributed by atoms with Gasteiger partial charge >= 0.3 is 5.97 Å². The summed E-state index contributed by atoms with van der Waals surface area (Å²) in [5.41, 5.74) is 5.30. The summed E-state index contributed by atoms with van der Waals surface area (Å²) in [5.74, 6) is -2.90. The summed E-state index contributed by atoms with van der Waals surface area (Å²) in [5, 5.41) is 22.7. The first-order chi connectivity index (χ1) is 14.3. The Bertz CT molecular complexity index is 903. The van der Waals surface area contributed by atoms with Crippen LogP contribution in [0.2, 0.25) is 0 Å². The van der Waals surface area contributed by atoms with E-state index in [1.807, 2.05) is 30.3 Å². The van der Waals surface area contributed by atoms with Crippen molar-refractivity contribution in [2.24, 2.45) is 23.0 Å². The molecule has 30 heavy (non-hydrogen) atoms. The molecule has 3 aliphatic rings. The van der Waals surface area contributed by atoms with Gasteiger partial charge in [0.2, 0.25) is 11.8 Å². The van der Waals surface area contributed by atoms with Gasteiger partial charge in [0.25, 0.3) is 0 Å². The lowest BCUT2D eigenvalue weighted by Crippen LogP contribution is -2.59. The van der Waals surface area contributed by atoms with Crippen LogP contribution in [0.25, 0.3) is 0 Å². The average Bonchev–Trinajstić information content (AvgIpc) is 3.47. The molecular weight excluding hydrogens is 384 g/mol. The highest BCUT2D eigenvalue weighted by molar-refractivity contribution is 5.89. The van der Waals surface area contributed by atoms with Crippen LogP contribution in [-0.2, 0) is 19.8 Å². The molecule has 158 valence electrons. The van der Waals surface area contributed by atoms with Crippen LogP contribution in [0.5, 0.6) is 0 Å². The first kappa shape index (κ1) is 20.4. The van der Waals surface area contributed by atoms with Gasteiger partial charge in [0.15, 0.2) is 0 Å². The molecule has 4 rings (SSSR count). The number of hydrogen-bond donors (Lipinski definition) is 3. The smallest absolute Gasteiger partial charge is 0.308 e. The Hall–Kier alpha value is -2.92. The predicted molar refractivity (Wildman–Crippen MR) is 107 cm³/mol. The molecule has 1 aromatic carbocycles. The van der Waals surface area contributed by atoms with Crippen molar-refractivity contribution in [3.63, 3.8) is 0 Å². The number of nitrogens with one attached hydrogen (secondary N) is 1. The van der Waals surface area contributed by atoms with Gasteiger partial charge in [-0.2, -0.15) is 5.26 Å². The maximum absolute atomic E-state index is 13.2. The summed E-state index contributed by atoms with van der Waals surface area (Å²) in [6.45, 7) is 1.22. The highest BCUT2D eigenvalue weighted by Gasteiger charge is 2.62. The second-order valence-corrected chi connectivity index (χ2v) is 8.91. The molecular formula is C22H26N4O4.